The van der Waals surface area contributed by atoms with Crippen molar-refractivity contribution in [1.29, 1.82) is 0 Å². The summed E-state index contributed by atoms with van der Waals surface area (Å²) < 4.78 is 0. The summed E-state index contributed by atoms with van der Waals surface area (Å²) in [5.41, 5.74) is 3.08. The standard InChI is InChI=1S/C20H20N2O3/c1-2-14-7-9-15(10-8-14)13-21-18(23)11-12-22-19(24)16-5-3-4-6-17(16)20(22)25/h3-10H,2,11-13H2,1H3,(H,21,23). The molecule has 0 aliphatic carbocycles. The monoisotopic (exact) mass is 336 g/mol. The highest BCUT2D eigenvalue weighted by atomic mass is 16.2. The van der Waals surface area contributed by atoms with Gasteiger partial charge in [0.05, 0.1) is 11.1 Å². The predicted molar refractivity (Wildman–Crippen MR) is 94.1 cm³/mol. The number of nitrogens with zero attached hydrogens (tertiary/aromatic N) is 1. The molecular formula is C20H20N2O3. The molecule has 2 aromatic rings. The van der Waals surface area contributed by atoms with E-state index in [0.29, 0.717) is 17.7 Å². The molecule has 0 atom stereocenters. The number of aryl methyl sites for hydroxylation is 1. The highest BCUT2D eigenvalue weighted by Crippen LogP contribution is 2.22. The predicted octanol–water partition coefficient (Wildman–Crippen LogP) is 2.55. The van der Waals surface area contributed by atoms with E-state index in [-0.39, 0.29) is 30.7 Å². The minimum Gasteiger partial charge on any atom is -0.352 e. The van der Waals surface area contributed by atoms with Gasteiger partial charge in [-0.3, -0.25) is 19.3 Å². The lowest BCUT2D eigenvalue weighted by atomic mass is 10.1. The van der Waals surface area contributed by atoms with Crippen LogP contribution in [0.1, 0.15) is 45.2 Å². The van der Waals surface area contributed by atoms with Crippen molar-refractivity contribution < 1.29 is 14.4 Å². The number of imide groups is 1. The summed E-state index contributed by atoms with van der Waals surface area (Å²) in [7, 11) is 0. The number of nitrogens with one attached hydrogen (secondary N) is 1. The minimum atomic E-state index is -0.330. The molecular weight excluding hydrogens is 316 g/mol. The van der Waals surface area contributed by atoms with Gasteiger partial charge in [-0.1, -0.05) is 43.3 Å². The van der Waals surface area contributed by atoms with Crippen LogP contribution in [0.25, 0.3) is 0 Å². The second kappa shape index (κ2) is 7.30. The number of amides is 3. The molecule has 1 aliphatic rings. The van der Waals surface area contributed by atoms with Crippen LogP contribution in [-0.4, -0.2) is 29.2 Å². The minimum absolute atomic E-state index is 0.0902. The molecule has 5 heteroatoms. The van der Waals surface area contributed by atoms with Gasteiger partial charge in [-0.2, -0.15) is 0 Å². The molecule has 1 aliphatic heterocycles. The van der Waals surface area contributed by atoms with Crippen molar-refractivity contribution in [1.82, 2.24) is 10.2 Å². The second-order valence-electron chi connectivity index (χ2n) is 6.00. The van der Waals surface area contributed by atoms with Crippen LogP contribution < -0.4 is 5.32 Å². The maximum absolute atomic E-state index is 12.2. The Morgan fingerprint density at radius 2 is 1.48 bits per heavy atom. The Balaban J connectivity index is 1.51. The van der Waals surface area contributed by atoms with Crippen LogP contribution in [0.4, 0.5) is 0 Å². The van der Waals surface area contributed by atoms with Crippen molar-refractivity contribution in [2.24, 2.45) is 0 Å². The number of benzene rings is 2. The lowest BCUT2D eigenvalue weighted by Crippen LogP contribution is -2.34. The fraction of sp³-hybridized carbons (Fsp3) is 0.250. The number of rotatable bonds is 6. The zero-order valence-electron chi connectivity index (χ0n) is 14.1. The summed E-state index contributed by atoms with van der Waals surface area (Å²) in [5.74, 6) is -0.844. The van der Waals surface area contributed by atoms with Crippen LogP contribution in [0, 0.1) is 0 Å². The van der Waals surface area contributed by atoms with E-state index in [2.05, 4.69) is 12.2 Å². The third-order valence-corrected chi connectivity index (χ3v) is 4.36. The summed E-state index contributed by atoms with van der Waals surface area (Å²) in [6.45, 7) is 2.62. The average Bonchev–Trinajstić information content (AvgIpc) is 2.89. The van der Waals surface area contributed by atoms with E-state index >= 15 is 0 Å². The van der Waals surface area contributed by atoms with Gasteiger partial charge in [0.1, 0.15) is 0 Å². The van der Waals surface area contributed by atoms with Gasteiger partial charge in [-0.15, -0.1) is 0 Å². The molecule has 3 rings (SSSR count). The number of carbonyl (C=O) groups is 3. The van der Waals surface area contributed by atoms with Gasteiger partial charge in [0.2, 0.25) is 5.91 Å². The first kappa shape index (κ1) is 16.9. The molecule has 3 amide bonds. The molecule has 0 saturated carbocycles. The van der Waals surface area contributed by atoms with Crippen molar-refractivity contribution in [2.45, 2.75) is 26.3 Å². The van der Waals surface area contributed by atoms with Gasteiger partial charge in [-0.25, -0.2) is 0 Å². The molecule has 0 spiro atoms. The van der Waals surface area contributed by atoms with E-state index in [1.165, 1.54) is 5.56 Å². The van der Waals surface area contributed by atoms with Crippen molar-refractivity contribution in [3.05, 3.63) is 70.8 Å². The lowest BCUT2D eigenvalue weighted by molar-refractivity contribution is -0.121. The molecule has 0 radical (unpaired) electrons. The van der Waals surface area contributed by atoms with E-state index in [9.17, 15) is 14.4 Å². The van der Waals surface area contributed by atoms with Crippen molar-refractivity contribution in [3.8, 4) is 0 Å². The van der Waals surface area contributed by atoms with Crippen molar-refractivity contribution in [2.75, 3.05) is 6.54 Å². The zero-order valence-corrected chi connectivity index (χ0v) is 14.1. The average molecular weight is 336 g/mol. The second-order valence-corrected chi connectivity index (χ2v) is 6.00. The first-order valence-electron chi connectivity index (χ1n) is 8.40. The number of carbonyl (C=O) groups excluding carboxylic acids is 3. The van der Waals surface area contributed by atoms with Gasteiger partial charge in [0, 0.05) is 19.5 Å². The summed E-state index contributed by atoms with van der Waals surface area (Å²) in [6, 6.07) is 14.8. The molecule has 25 heavy (non-hydrogen) atoms. The fourth-order valence-corrected chi connectivity index (χ4v) is 2.84. The van der Waals surface area contributed by atoms with Gasteiger partial charge in [0.25, 0.3) is 11.8 Å². The normalized spacial score (nSPS) is 13.1. The first-order valence-corrected chi connectivity index (χ1v) is 8.40. The zero-order chi connectivity index (χ0) is 17.8. The van der Waals surface area contributed by atoms with Crippen LogP contribution in [0.5, 0.6) is 0 Å². The van der Waals surface area contributed by atoms with Crippen molar-refractivity contribution >= 4 is 17.7 Å². The number of fused-ring (bicyclic) bond motifs is 1. The number of hydrogen-bond acceptors (Lipinski definition) is 3. The summed E-state index contributed by atoms with van der Waals surface area (Å²) in [4.78, 5) is 37.6. The Kier molecular flexibility index (Phi) is 4.93. The highest BCUT2D eigenvalue weighted by Gasteiger charge is 2.34. The van der Waals surface area contributed by atoms with E-state index < -0.39 is 0 Å². The van der Waals surface area contributed by atoms with Crippen LogP contribution in [0.3, 0.4) is 0 Å². The van der Waals surface area contributed by atoms with Gasteiger partial charge in [0.15, 0.2) is 0 Å². The van der Waals surface area contributed by atoms with Crippen molar-refractivity contribution in [3.63, 3.8) is 0 Å². The molecule has 1 heterocycles. The van der Waals surface area contributed by atoms with Gasteiger partial charge in [-0.05, 0) is 29.7 Å². The maximum Gasteiger partial charge on any atom is 0.261 e. The van der Waals surface area contributed by atoms with Crippen LogP contribution in [0.15, 0.2) is 48.5 Å². The quantitative estimate of drug-likeness (QED) is 0.825. The number of hydrogen-bond donors (Lipinski definition) is 1. The topological polar surface area (TPSA) is 66.5 Å². The first-order chi connectivity index (χ1) is 12.1. The third-order valence-electron chi connectivity index (χ3n) is 4.36. The molecule has 0 unspecified atom stereocenters. The van der Waals surface area contributed by atoms with Gasteiger partial charge >= 0.3 is 0 Å². The smallest absolute Gasteiger partial charge is 0.261 e. The fourth-order valence-electron chi connectivity index (χ4n) is 2.84. The molecule has 0 aromatic heterocycles. The molecule has 2 aromatic carbocycles. The highest BCUT2D eigenvalue weighted by molar-refractivity contribution is 6.21. The molecule has 1 N–H and O–H groups in total. The molecule has 0 saturated heterocycles. The molecule has 0 bridgehead atoms. The Morgan fingerprint density at radius 1 is 0.920 bits per heavy atom. The van der Waals surface area contributed by atoms with E-state index in [1.807, 2.05) is 24.3 Å². The SMILES string of the molecule is CCc1ccc(CNC(=O)CCN2C(=O)c3ccccc3C2=O)cc1. The van der Waals surface area contributed by atoms with Gasteiger partial charge < -0.3 is 5.32 Å². The van der Waals surface area contributed by atoms with Crippen LogP contribution in [0.2, 0.25) is 0 Å². The molecule has 128 valence electrons. The third kappa shape index (κ3) is 3.60. The lowest BCUT2D eigenvalue weighted by Gasteiger charge is -2.13. The largest absolute Gasteiger partial charge is 0.352 e. The van der Waals surface area contributed by atoms with E-state index in [1.54, 1.807) is 24.3 Å². The maximum atomic E-state index is 12.2. The Labute approximate surface area is 146 Å². The summed E-state index contributed by atoms with van der Waals surface area (Å²) >= 11 is 0. The van der Waals surface area contributed by atoms with Crippen LogP contribution in [-0.2, 0) is 17.8 Å². The Hall–Kier alpha value is -2.95. The van der Waals surface area contributed by atoms with Crippen LogP contribution >= 0.6 is 0 Å². The Morgan fingerprint density at radius 3 is 2.04 bits per heavy atom. The molecule has 5 nitrogen and oxygen atoms in total. The molecule has 0 fully saturated rings. The van der Waals surface area contributed by atoms with E-state index in [0.717, 1.165) is 16.9 Å². The van der Waals surface area contributed by atoms with E-state index in [4.69, 9.17) is 0 Å². The summed E-state index contributed by atoms with van der Waals surface area (Å²) in [6.07, 6.45) is 1.07. The summed E-state index contributed by atoms with van der Waals surface area (Å²) in [5, 5.41) is 2.82. The Bertz CT molecular complexity index is 777.